The summed E-state index contributed by atoms with van der Waals surface area (Å²) >= 11 is 0. The van der Waals surface area contributed by atoms with Gasteiger partial charge >= 0.3 is 29.7 Å². The molecule has 1 heterocycles. The van der Waals surface area contributed by atoms with Crippen LogP contribution in [0.3, 0.4) is 0 Å². The van der Waals surface area contributed by atoms with Crippen molar-refractivity contribution < 1.29 is 48.0 Å². The van der Waals surface area contributed by atoms with Gasteiger partial charge in [-0.2, -0.15) is 0 Å². The highest BCUT2D eigenvalue weighted by Crippen LogP contribution is 2.38. The molecule has 1 rings (SSSR count). The zero-order chi connectivity index (χ0) is 28.2. The van der Waals surface area contributed by atoms with E-state index < -0.39 is 52.7 Å². The molecule has 4 atom stereocenters. The fraction of sp³-hybridized carbons (Fsp3) is 0.556. The molecule has 1 aliphatic rings. The molecule has 0 spiro atoms. The molecule has 0 radical (unpaired) electrons. The molecular weight excluding hydrogens is 484 g/mol. The molecule has 0 aromatic heterocycles. The van der Waals surface area contributed by atoms with Crippen LogP contribution in [0.1, 0.15) is 59.8 Å². The number of hydrogen-bond donors (Lipinski definition) is 1. The fourth-order valence-corrected chi connectivity index (χ4v) is 3.72. The van der Waals surface area contributed by atoms with Gasteiger partial charge in [-0.05, 0) is 25.3 Å². The van der Waals surface area contributed by atoms with Gasteiger partial charge in [-0.25, -0.2) is 14.4 Å². The molecule has 0 aromatic rings. The van der Waals surface area contributed by atoms with Crippen LogP contribution in [-0.4, -0.2) is 59.7 Å². The summed E-state index contributed by atoms with van der Waals surface area (Å²) in [5, 5.41) is 10.4. The lowest BCUT2D eigenvalue weighted by molar-refractivity contribution is -0.199. The van der Waals surface area contributed by atoms with Gasteiger partial charge in [-0.1, -0.05) is 59.3 Å². The van der Waals surface area contributed by atoms with Crippen LogP contribution in [0.2, 0.25) is 0 Å². The van der Waals surface area contributed by atoms with Crippen molar-refractivity contribution in [1.82, 2.24) is 0 Å². The van der Waals surface area contributed by atoms with E-state index in [1.54, 1.807) is 0 Å². The van der Waals surface area contributed by atoms with E-state index in [2.05, 4.69) is 33.6 Å². The minimum absolute atomic E-state index is 0.177. The molecule has 1 aliphatic heterocycles. The van der Waals surface area contributed by atoms with E-state index in [0.29, 0.717) is 18.9 Å². The van der Waals surface area contributed by atoms with Crippen LogP contribution in [0.25, 0.3) is 0 Å². The van der Waals surface area contributed by atoms with Gasteiger partial charge in [0.15, 0.2) is 11.3 Å². The number of esters is 4. The zero-order valence-electron chi connectivity index (χ0n) is 22.1. The van der Waals surface area contributed by atoms with Crippen molar-refractivity contribution in [3.63, 3.8) is 0 Å². The maximum atomic E-state index is 13.5. The van der Waals surface area contributed by atoms with Crippen LogP contribution >= 0.6 is 0 Å². The van der Waals surface area contributed by atoms with Crippen molar-refractivity contribution in [2.75, 3.05) is 13.2 Å². The predicted molar refractivity (Wildman–Crippen MR) is 134 cm³/mol. The third-order valence-corrected chi connectivity index (χ3v) is 5.76. The van der Waals surface area contributed by atoms with Gasteiger partial charge in [-0.15, -0.1) is 0 Å². The third-order valence-electron chi connectivity index (χ3n) is 5.76. The second kappa shape index (κ2) is 14.5. The Morgan fingerprint density at radius 1 is 1.11 bits per heavy atom. The number of aliphatic hydroxyl groups excluding tert-OH is 1. The summed E-state index contributed by atoms with van der Waals surface area (Å²) in [5.41, 5.74) is -1.47. The van der Waals surface area contributed by atoms with Crippen molar-refractivity contribution in [1.29, 1.82) is 0 Å². The number of unbranched alkanes of at least 4 members (excludes halogenated alkanes) is 1. The number of aliphatic hydroxyl groups is 1. The Kier molecular flexibility index (Phi) is 12.4. The molecule has 10 heteroatoms. The Morgan fingerprint density at radius 3 is 2.16 bits per heavy atom. The van der Waals surface area contributed by atoms with Gasteiger partial charge in [0, 0.05) is 19.1 Å². The van der Waals surface area contributed by atoms with E-state index in [1.807, 2.05) is 0 Å². The van der Waals surface area contributed by atoms with Crippen LogP contribution in [0, 0.1) is 5.92 Å². The van der Waals surface area contributed by atoms with Crippen LogP contribution in [0.15, 0.2) is 49.3 Å². The average Bonchev–Trinajstić information content (AvgIpc) is 3.63. The number of carbonyl (C=O) groups is 4. The first kappa shape index (κ1) is 31.8. The first-order valence-electron chi connectivity index (χ1n) is 12.2. The van der Waals surface area contributed by atoms with E-state index in [-0.39, 0.29) is 6.61 Å². The average molecular weight is 523 g/mol. The number of hydrogen-bond acceptors (Lipinski definition) is 10. The summed E-state index contributed by atoms with van der Waals surface area (Å²) in [6.45, 7) is 16.7. The maximum Gasteiger partial charge on any atom is 0.346 e. The van der Waals surface area contributed by atoms with Crippen LogP contribution in [-0.2, 0) is 42.9 Å². The Balaban J connectivity index is 3.50. The van der Waals surface area contributed by atoms with Crippen molar-refractivity contribution in [2.24, 2.45) is 5.92 Å². The maximum absolute atomic E-state index is 13.5. The quantitative estimate of drug-likeness (QED) is 0.0575. The van der Waals surface area contributed by atoms with Gasteiger partial charge in [0.25, 0.3) is 0 Å². The molecule has 0 bridgehead atoms. The van der Waals surface area contributed by atoms with Gasteiger partial charge in [0.2, 0.25) is 0 Å². The third kappa shape index (κ3) is 9.29. The van der Waals surface area contributed by atoms with E-state index in [9.17, 15) is 24.3 Å². The first-order chi connectivity index (χ1) is 17.4. The summed E-state index contributed by atoms with van der Waals surface area (Å²) in [5.74, 6) is -7.26. The zero-order valence-corrected chi connectivity index (χ0v) is 22.1. The summed E-state index contributed by atoms with van der Waals surface area (Å²) in [7, 11) is 0. The molecule has 1 saturated heterocycles. The van der Waals surface area contributed by atoms with Crippen molar-refractivity contribution in [3.05, 3.63) is 49.3 Å². The van der Waals surface area contributed by atoms with Crippen molar-refractivity contribution in [2.45, 2.75) is 77.3 Å². The van der Waals surface area contributed by atoms with E-state index >= 15 is 0 Å². The molecule has 0 aromatic carbocycles. The van der Waals surface area contributed by atoms with Crippen molar-refractivity contribution >= 4 is 23.9 Å². The second-order valence-corrected chi connectivity index (χ2v) is 8.80. The minimum Gasteiger partial charge on any atom is -0.459 e. The number of rotatable bonds is 17. The largest absolute Gasteiger partial charge is 0.459 e. The van der Waals surface area contributed by atoms with Crippen molar-refractivity contribution in [3.8, 4) is 0 Å². The van der Waals surface area contributed by atoms with Gasteiger partial charge in [0.05, 0.1) is 6.61 Å². The topological polar surface area (TPSA) is 138 Å². The Bertz CT molecular complexity index is 912. The molecule has 4 unspecified atom stereocenters. The highest BCUT2D eigenvalue weighted by atomic mass is 16.7. The van der Waals surface area contributed by atoms with Crippen LogP contribution in [0.5, 0.6) is 0 Å². The summed E-state index contributed by atoms with van der Waals surface area (Å²) in [6.07, 6.45) is 5.47. The molecule has 0 amide bonds. The molecule has 1 fully saturated rings. The van der Waals surface area contributed by atoms with Gasteiger partial charge in [-0.3, -0.25) is 4.79 Å². The highest BCUT2D eigenvalue weighted by Gasteiger charge is 2.51. The Labute approximate surface area is 217 Å². The van der Waals surface area contributed by atoms with E-state index in [4.69, 9.17) is 23.7 Å². The Hall–Kier alpha value is -3.24. The molecule has 10 nitrogen and oxygen atoms in total. The number of ether oxygens (including phenoxy) is 5. The minimum atomic E-state index is -2.62. The molecule has 37 heavy (non-hydrogen) atoms. The summed E-state index contributed by atoms with van der Waals surface area (Å²) in [4.78, 5) is 49.7. The molecule has 0 saturated carbocycles. The second-order valence-electron chi connectivity index (χ2n) is 8.80. The summed E-state index contributed by atoms with van der Waals surface area (Å²) < 4.78 is 26.7. The molecule has 0 aliphatic carbocycles. The molecular formula is C27H38O10. The van der Waals surface area contributed by atoms with E-state index in [1.165, 1.54) is 6.92 Å². The first-order valence-corrected chi connectivity index (χ1v) is 12.2. The van der Waals surface area contributed by atoms with E-state index in [0.717, 1.165) is 50.8 Å². The Morgan fingerprint density at radius 2 is 1.73 bits per heavy atom. The van der Waals surface area contributed by atoms with Gasteiger partial charge < -0.3 is 28.8 Å². The molecule has 206 valence electrons. The monoisotopic (exact) mass is 522 g/mol. The smallest absolute Gasteiger partial charge is 0.346 e. The highest BCUT2D eigenvalue weighted by molar-refractivity contribution is 5.94. The van der Waals surface area contributed by atoms with Crippen LogP contribution in [0.4, 0.5) is 0 Å². The van der Waals surface area contributed by atoms with Crippen LogP contribution < -0.4 is 0 Å². The fourth-order valence-electron chi connectivity index (χ4n) is 3.72. The lowest BCUT2D eigenvalue weighted by Gasteiger charge is -2.32. The molecule has 1 N–H and O–H groups in total. The number of epoxide rings is 1. The normalized spacial score (nSPS) is 20.1. The number of carbonyl (C=O) groups excluding carboxylic acids is 4. The summed E-state index contributed by atoms with van der Waals surface area (Å²) in [6, 6.07) is 0. The van der Waals surface area contributed by atoms with Gasteiger partial charge in [0.1, 0.15) is 18.3 Å². The lowest BCUT2D eigenvalue weighted by Crippen LogP contribution is -2.45. The predicted octanol–water partition coefficient (Wildman–Crippen LogP) is 3.44. The SMILES string of the molecule is C=CC(=O)O/C(=C(/C(=O)OCC1(CC(CC)CCCC)CO1)C(C=C)(OC(C)=O)OC(=O)C=C)C(C)O. The lowest BCUT2D eigenvalue weighted by atomic mass is 9.89. The standard InChI is InChI=1S/C27H38O10/c1-8-13-14-20(9-2)15-26(17-34-26)16-33-25(32)23(24(18(6)28)35-21(30)10-3)27(12-5,36-19(7)29)37-22(31)11-4/h10-12,18,20,28H,3-5,8-9,13-17H2,1-2,6-7H3/b24-23-.